The number of rotatable bonds is 2. The minimum Gasteiger partial charge on any atom is -0.325 e. The monoisotopic (exact) mass is 221 g/mol. The Morgan fingerprint density at radius 2 is 2.20 bits per heavy atom. The molecule has 3 nitrogen and oxygen atoms in total. The Bertz CT molecular complexity index is 476. The van der Waals surface area contributed by atoms with Gasteiger partial charge in [-0.2, -0.15) is 5.10 Å². The van der Waals surface area contributed by atoms with Crippen molar-refractivity contribution in [1.29, 1.82) is 0 Å². The summed E-state index contributed by atoms with van der Waals surface area (Å²) in [6.45, 7) is 2.45. The number of nitrogens with one attached hydrogen (secondary N) is 1. The summed E-state index contributed by atoms with van der Waals surface area (Å²) in [6, 6.07) is 7.79. The highest BCUT2D eigenvalue weighted by Gasteiger charge is 2.04. The van der Waals surface area contributed by atoms with E-state index < -0.39 is 0 Å². The van der Waals surface area contributed by atoms with Crippen LogP contribution in [0.3, 0.4) is 0 Å². The van der Waals surface area contributed by atoms with Crippen molar-refractivity contribution in [1.82, 2.24) is 10.2 Å². The van der Waals surface area contributed by atoms with Crippen molar-refractivity contribution in [3.8, 4) is 11.3 Å². The molecule has 1 aromatic carbocycles. The van der Waals surface area contributed by atoms with Crippen LogP contribution in [0.5, 0.6) is 0 Å². The summed E-state index contributed by atoms with van der Waals surface area (Å²) in [5.74, 6) is 0. The SMILES string of the molecule is Cc1cc(-c2cc(CN)[nH]n2)ccc1Cl. The Morgan fingerprint density at radius 3 is 2.80 bits per heavy atom. The lowest BCUT2D eigenvalue weighted by atomic mass is 10.1. The first-order chi connectivity index (χ1) is 7.20. The highest BCUT2D eigenvalue weighted by molar-refractivity contribution is 6.31. The van der Waals surface area contributed by atoms with Crippen LogP contribution in [0.15, 0.2) is 24.3 Å². The molecule has 0 spiro atoms. The summed E-state index contributed by atoms with van der Waals surface area (Å²) in [4.78, 5) is 0. The molecule has 0 radical (unpaired) electrons. The van der Waals surface area contributed by atoms with Crippen LogP contribution >= 0.6 is 11.6 Å². The van der Waals surface area contributed by atoms with E-state index in [4.69, 9.17) is 17.3 Å². The van der Waals surface area contributed by atoms with Crippen molar-refractivity contribution in [2.45, 2.75) is 13.5 Å². The zero-order valence-corrected chi connectivity index (χ0v) is 9.17. The van der Waals surface area contributed by atoms with Gasteiger partial charge in [-0.3, -0.25) is 5.10 Å². The van der Waals surface area contributed by atoms with Gasteiger partial charge in [-0.15, -0.1) is 0 Å². The predicted octanol–water partition coefficient (Wildman–Crippen LogP) is 2.50. The van der Waals surface area contributed by atoms with Crippen LogP contribution in [0, 0.1) is 6.92 Å². The van der Waals surface area contributed by atoms with E-state index in [1.807, 2.05) is 31.2 Å². The molecule has 2 rings (SSSR count). The molecule has 0 aliphatic carbocycles. The maximum atomic E-state index is 5.95. The van der Waals surface area contributed by atoms with Crippen molar-refractivity contribution in [3.05, 3.63) is 40.5 Å². The van der Waals surface area contributed by atoms with E-state index in [0.717, 1.165) is 27.5 Å². The molecule has 0 saturated heterocycles. The van der Waals surface area contributed by atoms with Crippen LogP contribution in [-0.4, -0.2) is 10.2 Å². The van der Waals surface area contributed by atoms with Crippen LogP contribution in [0.4, 0.5) is 0 Å². The van der Waals surface area contributed by atoms with Crippen LogP contribution < -0.4 is 5.73 Å². The summed E-state index contributed by atoms with van der Waals surface area (Å²) < 4.78 is 0. The van der Waals surface area contributed by atoms with Gasteiger partial charge in [-0.1, -0.05) is 17.7 Å². The van der Waals surface area contributed by atoms with Crippen molar-refractivity contribution in [2.75, 3.05) is 0 Å². The number of aromatic nitrogens is 2. The minimum absolute atomic E-state index is 0.472. The van der Waals surface area contributed by atoms with Crippen LogP contribution in [0.2, 0.25) is 5.02 Å². The minimum atomic E-state index is 0.472. The highest BCUT2D eigenvalue weighted by Crippen LogP contribution is 2.23. The molecule has 78 valence electrons. The molecule has 0 bridgehead atoms. The number of nitrogens with zero attached hydrogens (tertiary/aromatic N) is 1. The molecule has 0 fully saturated rings. The van der Waals surface area contributed by atoms with Gasteiger partial charge in [0.15, 0.2) is 0 Å². The van der Waals surface area contributed by atoms with Gasteiger partial charge in [0.1, 0.15) is 0 Å². The lowest BCUT2D eigenvalue weighted by molar-refractivity contribution is 0.948. The molecule has 15 heavy (non-hydrogen) atoms. The van der Waals surface area contributed by atoms with Crippen molar-refractivity contribution in [3.63, 3.8) is 0 Å². The fourth-order valence-electron chi connectivity index (χ4n) is 1.42. The van der Waals surface area contributed by atoms with Gasteiger partial charge < -0.3 is 5.73 Å². The van der Waals surface area contributed by atoms with E-state index >= 15 is 0 Å². The standard InChI is InChI=1S/C11H12ClN3/c1-7-4-8(2-3-10(7)12)11-5-9(6-13)14-15-11/h2-5H,6,13H2,1H3,(H,14,15). The Labute approximate surface area is 93.3 Å². The number of hydrogen-bond donors (Lipinski definition) is 2. The molecule has 0 saturated carbocycles. The molecule has 0 amide bonds. The Balaban J connectivity index is 2.40. The van der Waals surface area contributed by atoms with E-state index in [-0.39, 0.29) is 0 Å². The van der Waals surface area contributed by atoms with Gasteiger partial charge in [0.2, 0.25) is 0 Å². The third-order valence-electron chi connectivity index (χ3n) is 2.30. The Morgan fingerprint density at radius 1 is 1.40 bits per heavy atom. The molecule has 4 heteroatoms. The lowest BCUT2D eigenvalue weighted by Crippen LogP contribution is -1.95. The molecule has 1 heterocycles. The number of aryl methyl sites for hydroxylation is 1. The van der Waals surface area contributed by atoms with Gasteiger partial charge >= 0.3 is 0 Å². The molecule has 0 aliphatic rings. The van der Waals surface area contributed by atoms with Gasteiger partial charge in [-0.25, -0.2) is 0 Å². The van der Waals surface area contributed by atoms with E-state index in [2.05, 4.69) is 10.2 Å². The van der Waals surface area contributed by atoms with Gasteiger partial charge in [0.25, 0.3) is 0 Å². The van der Waals surface area contributed by atoms with Crippen molar-refractivity contribution in [2.24, 2.45) is 5.73 Å². The van der Waals surface area contributed by atoms with Crippen LogP contribution in [0.1, 0.15) is 11.3 Å². The topological polar surface area (TPSA) is 54.7 Å². The molecule has 1 aromatic heterocycles. The average Bonchev–Trinajstić information content (AvgIpc) is 2.70. The Hall–Kier alpha value is -1.32. The van der Waals surface area contributed by atoms with Crippen molar-refractivity contribution >= 4 is 11.6 Å². The van der Waals surface area contributed by atoms with E-state index in [9.17, 15) is 0 Å². The average molecular weight is 222 g/mol. The maximum absolute atomic E-state index is 5.95. The first-order valence-corrected chi connectivity index (χ1v) is 5.09. The van der Waals surface area contributed by atoms with Gasteiger partial charge in [-0.05, 0) is 30.7 Å². The Kier molecular flexibility index (Phi) is 2.75. The number of hydrogen-bond acceptors (Lipinski definition) is 2. The summed E-state index contributed by atoms with van der Waals surface area (Å²) >= 11 is 5.95. The molecule has 2 aromatic rings. The molecular formula is C11H12ClN3. The summed E-state index contributed by atoms with van der Waals surface area (Å²) in [7, 11) is 0. The summed E-state index contributed by atoms with van der Waals surface area (Å²) in [6.07, 6.45) is 0. The molecule has 0 unspecified atom stereocenters. The van der Waals surface area contributed by atoms with Crippen LogP contribution in [-0.2, 0) is 6.54 Å². The second kappa shape index (κ2) is 4.04. The smallest absolute Gasteiger partial charge is 0.0924 e. The van der Waals surface area contributed by atoms with Gasteiger partial charge in [0, 0.05) is 22.8 Å². The zero-order valence-electron chi connectivity index (χ0n) is 8.42. The summed E-state index contributed by atoms with van der Waals surface area (Å²) in [5, 5.41) is 7.83. The lowest BCUT2D eigenvalue weighted by Gasteiger charge is -2.00. The zero-order chi connectivity index (χ0) is 10.8. The summed E-state index contributed by atoms with van der Waals surface area (Å²) in [5.41, 5.74) is 9.43. The highest BCUT2D eigenvalue weighted by atomic mass is 35.5. The number of aromatic amines is 1. The largest absolute Gasteiger partial charge is 0.325 e. The normalized spacial score (nSPS) is 10.6. The number of H-pyrrole nitrogens is 1. The van der Waals surface area contributed by atoms with Crippen molar-refractivity contribution < 1.29 is 0 Å². The third kappa shape index (κ3) is 2.03. The second-order valence-electron chi connectivity index (χ2n) is 3.45. The quantitative estimate of drug-likeness (QED) is 0.819. The second-order valence-corrected chi connectivity index (χ2v) is 3.85. The third-order valence-corrected chi connectivity index (χ3v) is 2.73. The maximum Gasteiger partial charge on any atom is 0.0924 e. The van der Waals surface area contributed by atoms with E-state index in [1.54, 1.807) is 0 Å². The first kappa shape index (κ1) is 10.2. The first-order valence-electron chi connectivity index (χ1n) is 4.71. The molecular weight excluding hydrogens is 210 g/mol. The molecule has 3 N–H and O–H groups in total. The number of benzene rings is 1. The van der Waals surface area contributed by atoms with E-state index in [1.165, 1.54) is 0 Å². The van der Waals surface area contributed by atoms with E-state index in [0.29, 0.717) is 6.54 Å². The van der Waals surface area contributed by atoms with Gasteiger partial charge in [0.05, 0.1) is 5.69 Å². The molecule has 0 atom stereocenters. The number of halogens is 1. The fourth-order valence-corrected chi connectivity index (χ4v) is 1.54. The van der Waals surface area contributed by atoms with Crippen LogP contribution in [0.25, 0.3) is 11.3 Å². The molecule has 0 aliphatic heterocycles. The number of nitrogens with two attached hydrogens (primary N) is 1. The fraction of sp³-hybridized carbons (Fsp3) is 0.182. The predicted molar refractivity (Wildman–Crippen MR) is 61.7 cm³/mol.